The van der Waals surface area contributed by atoms with Crippen molar-refractivity contribution in [2.75, 3.05) is 26.4 Å². The van der Waals surface area contributed by atoms with Gasteiger partial charge in [-0.1, -0.05) is 6.07 Å². The van der Waals surface area contributed by atoms with Crippen molar-refractivity contribution in [3.05, 3.63) is 42.7 Å². The summed E-state index contributed by atoms with van der Waals surface area (Å²) in [6.45, 7) is 1.94. The van der Waals surface area contributed by atoms with Crippen molar-refractivity contribution in [3.63, 3.8) is 0 Å². The van der Waals surface area contributed by atoms with E-state index in [1.807, 2.05) is 30.5 Å². The standard InChI is InChI=1S/C17H21N5/c1-21(2)10-5-11-22-15-8-3-7-14(18)16(15)20-17(22)13-6-4-9-19-12-13/h3-4,6-9,12H,5,10-11,18H2,1-2H3. The second-order valence-corrected chi connectivity index (χ2v) is 5.70. The highest BCUT2D eigenvalue weighted by Crippen LogP contribution is 2.27. The third-order valence-electron chi connectivity index (χ3n) is 3.72. The molecule has 0 aliphatic rings. The van der Waals surface area contributed by atoms with E-state index in [-0.39, 0.29) is 0 Å². The van der Waals surface area contributed by atoms with Crippen LogP contribution in [0.1, 0.15) is 6.42 Å². The van der Waals surface area contributed by atoms with Crippen molar-refractivity contribution >= 4 is 16.7 Å². The van der Waals surface area contributed by atoms with Crippen LogP contribution in [-0.2, 0) is 6.54 Å². The maximum atomic E-state index is 6.09. The maximum Gasteiger partial charge on any atom is 0.142 e. The van der Waals surface area contributed by atoms with Crippen molar-refractivity contribution in [2.24, 2.45) is 0 Å². The van der Waals surface area contributed by atoms with Gasteiger partial charge in [-0.25, -0.2) is 4.98 Å². The Bertz CT molecular complexity index is 761. The number of hydrogen-bond acceptors (Lipinski definition) is 4. The Morgan fingerprint density at radius 2 is 2.05 bits per heavy atom. The Hall–Kier alpha value is -2.40. The van der Waals surface area contributed by atoms with E-state index in [4.69, 9.17) is 10.7 Å². The van der Waals surface area contributed by atoms with Crippen LogP contribution < -0.4 is 5.73 Å². The molecule has 0 saturated carbocycles. The molecular formula is C17H21N5. The van der Waals surface area contributed by atoms with Crippen LogP contribution in [0.25, 0.3) is 22.4 Å². The summed E-state index contributed by atoms with van der Waals surface area (Å²) < 4.78 is 2.24. The number of nitrogen functional groups attached to an aromatic ring is 1. The van der Waals surface area contributed by atoms with Crippen LogP contribution in [-0.4, -0.2) is 40.1 Å². The van der Waals surface area contributed by atoms with Crippen LogP contribution in [0.2, 0.25) is 0 Å². The zero-order valence-corrected chi connectivity index (χ0v) is 13.0. The molecule has 0 atom stereocenters. The van der Waals surface area contributed by atoms with Crippen molar-refractivity contribution in [1.29, 1.82) is 0 Å². The first-order valence-corrected chi connectivity index (χ1v) is 7.46. The van der Waals surface area contributed by atoms with E-state index < -0.39 is 0 Å². The molecule has 0 saturated heterocycles. The fourth-order valence-electron chi connectivity index (χ4n) is 2.66. The lowest BCUT2D eigenvalue weighted by atomic mass is 10.2. The molecule has 2 N–H and O–H groups in total. The summed E-state index contributed by atoms with van der Waals surface area (Å²) in [5, 5.41) is 0. The lowest BCUT2D eigenvalue weighted by Gasteiger charge is -2.12. The first-order chi connectivity index (χ1) is 10.7. The van der Waals surface area contributed by atoms with E-state index >= 15 is 0 Å². The van der Waals surface area contributed by atoms with Gasteiger partial charge in [0, 0.05) is 24.5 Å². The van der Waals surface area contributed by atoms with E-state index in [1.54, 1.807) is 6.20 Å². The first kappa shape index (κ1) is 14.5. The normalized spacial score (nSPS) is 11.4. The number of aromatic nitrogens is 3. The van der Waals surface area contributed by atoms with Crippen LogP contribution in [0.4, 0.5) is 5.69 Å². The van der Waals surface area contributed by atoms with Gasteiger partial charge in [-0.15, -0.1) is 0 Å². The fourth-order valence-corrected chi connectivity index (χ4v) is 2.66. The predicted octanol–water partition coefficient (Wildman–Crippen LogP) is 2.63. The topological polar surface area (TPSA) is 60.0 Å². The number of nitrogens with zero attached hydrogens (tertiary/aromatic N) is 4. The Labute approximate surface area is 130 Å². The molecule has 5 nitrogen and oxygen atoms in total. The van der Waals surface area contributed by atoms with Crippen LogP contribution in [0.5, 0.6) is 0 Å². The number of aryl methyl sites for hydroxylation is 1. The number of benzene rings is 1. The van der Waals surface area contributed by atoms with E-state index in [9.17, 15) is 0 Å². The Balaban J connectivity index is 2.07. The zero-order chi connectivity index (χ0) is 15.5. The Morgan fingerprint density at radius 3 is 2.77 bits per heavy atom. The molecule has 0 bridgehead atoms. The molecule has 5 heteroatoms. The Morgan fingerprint density at radius 1 is 1.18 bits per heavy atom. The lowest BCUT2D eigenvalue weighted by Crippen LogP contribution is -2.15. The summed E-state index contributed by atoms with van der Waals surface area (Å²) in [6.07, 6.45) is 4.68. The largest absolute Gasteiger partial charge is 0.397 e. The molecule has 0 unspecified atom stereocenters. The molecule has 0 radical (unpaired) electrons. The smallest absolute Gasteiger partial charge is 0.142 e. The molecule has 0 aliphatic heterocycles. The molecule has 0 amide bonds. The predicted molar refractivity (Wildman–Crippen MR) is 90.5 cm³/mol. The van der Waals surface area contributed by atoms with E-state index in [1.165, 1.54) is 0 Å². The van der Waals surface area contributed by atoms with Gasteiger partial charge in [-0.2, -0.15) is 0 Å². The van der Waals surface area contributed by atoms with Crippen molar-refractivity contribution < 1.29 is 0 Å². The van der Waals surface area contributed by atoms with Crippen LogP contribution >= 0.6 is 0 Å². The quantitative estimate of drug-likeness (QED) is 0.735. The second-order valence-electron chi connectivity index (χ2n) is 5.70. The van der Waals surface area contributed by atoms with Gasteiger partial charge >= 0.3 is 0 Å². The summed E-state index contributed by atoms with van der Waals surface area (Å²) in [4.78, 5) is 11.2. The number of anilines is 1. The summed E-state index contributed by atoms with van der Waals surface area (Å²) in [5.41, 5.74) is 9.77. The highest BCUT2D eigenvalue weighted by Gasteiger charge is 2.14. The minimum absolute atomic E-state index is 0.717. The molecule has 22 heavy (non-hydrogen) atoms. The van der Waals surface area contributed by atoms with Gasteiger partial charge in [-0.05, 0) is 51.3 Å². The van der Waals surface area contributed by atoms with Gasteiger partial charge in [0.2, 0.25) is 0 Å². The van der Waals surface area contributed by atoms with Gasteiger partial charge in [0.15, 0.2) is 0 Å². The number of pyridine rings is 1. The average molecular weight is 295 g/mol. The molecule has 3 aromatic rings. The molecule has 2 aromatic heterocycles. The van der Waals surface area contributed by atoms with Crippen LogP contribution in [0, 0.1) is 0 Å². The third-order valence-corrected chi connectivity index (χ3v) is 3.72. The molecule has 114 valence electrons. The molecule has 0 aliphatic carbocycles. The Kier molecular flexibility index (Phi) is 4.06. The number of nitrogens with two attached hydrogens (primary N) is 1. The van der Waals surface area contributed by atoms with E-state index in [0.717, 1.165) is 41.9 Å². The first-order valence-electron chi connectivity index (χ1n) is 7.46. The van der Waals surface area contributed by atoms with Gasteiger partial charge in [0.05, 0.1) is 11.2 Å². The van der Waals surface area contributed by atoms with Crippen molar-refractivity contribution in [2.45, 2.75) is 13.0 Å². The lowest BCUT2D eigenvalue weighted by molar-refractivity contribution is 0.388. The monoisotopic (exact) mass is 295 g/mol. The molecular weight excluding hydrogens is 274 g/mol. The number of hydrogen-bond donors (Lipinski definition) is 1. The SMILES string of the molecule is CN(C)CCCn1c(-c2cccnc2)nc2c(N)cccc21. The van der Waals surface area contributed by atoms with Crippen molar-refractivity contribution in [1.82, 2.24) is 19.4 Å². The molecule has 2 heterocycles. The van der Waals surface area contributed by atoms with Gasteiger partial charge in [0.25, 0.3) is 0 Å². The minimum Gasteiger partial charge on any atom is -0.397 e. The molecule has 0 spiro atoms. The van der Waals surface area contributed by atoms with Crippen LogP contribution in [0.3, 0.4) is 0 Å². The average Bonchev–Trinajstić information content (AvgIpc) is 2.88. The van der Waals surface area contributed by atoms with Crippen LogP contribution in [0.15, 0.2) is 42.7 Å². The number of para-hydroxylation sites is 1. The third kappa shape index (κ3) is 2.80. The maximum absolute atomic E-state index is 6.09. The van der Waals surface area contributed by atoms with E-state index in [2.05, 4.69) is 34.6 Å². The van der Waals surface area contributed by atoms with Gasteiger partial charge in [0.1, 0.15) is 11.3 Å². The minimum atomic E-state index is 0.717. The summed E-state index contributed by atoms with van der Waals surface area (Å²) in [5.74, 6) is 0.930. The summed E-state index contributed by atoms with van der Waals surface area (Å²) >= 11 is 0. The summed E-state index contributed by atoms with van der Waals surface area (Å²) in [7, 11) is 4.18. The summed E-state index contributed by atoms with van der Waals surface area (Å²) in [6, 6.07) is 9.92. The highest BCUT2D eigenvalue weighted by atomic mass is 15.1. The van der Waals surface area contributed by atoms with Crippen molar-refractivity contribution in [3.8, 4) is 11.4 Å². The molecule has 1 aromatic carbocycles. The van der Waals surface area contributed by atoms with Gasteiger partial charge in [-0.3, -0.25) is 4.98 Å². The number of imidazole rings is 1. The zero-order valence-electron chi connectivity index (χ0n) is 13.0. The van der Waals surface area contributed by atoms with E-state index in [0.29, 0.717) is 5.69 Å². The molecule has 0 fully saturated rings. The van der Waals surface area contributed by atoms with Gasteiger partial charge < -0.3 is 15.2 Å². The highest BCUT2D eigenvalue weighted by molar-refractivity contribution is 5.90. The fraction of sp³-hybridized carbons (Fsp3) is 0.294. The molecule has 3 rings (SSSR count). The number of fused-ring (bicyclic) bond motifs is 1. The number of rotatable bonds is 5. The second kappa shape index (κ2) is 6.15.